The van der Waals surface area contributed by atoms with E-state index in [9.17, 15) is 9.59 Å². The summed E-state index contributed by atoms with van der Waals surface area (Å²) < 4.78 is 1.58. The SMILES string of the molecule is O=C(O)CCCNC(=O)Cn1cc2ccccc2n1. The largest absolute Gasteiger partial charge is 0.481 e. The normalized spacial score (nSPS) is 10.5. The van der Waals surface area contributed by atoms with Crippen LogP contribution in [0, 0.1) is 0 Å². The first-order valence-corrected chi connectivity index (χ1v) is 6.06. The lowest BCUT2D eigenvalue weighted by atomic mass is 10.3. The van der Waals surface area contributed by atoms with E-state index < -0.39 is 5.97 Å². The predicted molar refractivity (Wildman–Crippen MR) is 69.6 cm³/mol. The Bertz CT molecular complexity index is 559. The maximum Gasteiger partial charge on any atom is 0.303 e. The number of fused-ring (bicyclic) bond motifs is 1. The molecule has 0 aliphatic carbocycles. The van der Waals surface area contributed by atoms with Gasteiger partial charge in [0.15, 0.2) is 0 Å². The number of rotatable bonds is 6. The molecular formula is C13H15N3O3. The van der Waals surface area contributed by atoms with Crippen molar-refractivity contribution in [2.75, 3.05) is 6.54 Å². The van der Waals surface area contributed by atoms with Crippen LogP contribution in [0.3, 0.4) is 0 Å². The van der Waals surface area contributed by atoms with Crippen LogP contribution in [0.25, 0.3) is 10.9 Å². The topological polar surface area (TPSA) is 84.2 Å². The van der Waals surface area contributed by atoms with Gasteiger partial charge >= 0.3 is 5.97 Å². The molecule has 0 saturated heterocycles. The minimum Gasteiger partial charge on any atom is -0.481 e. The predicted octanol–water partition coefficient (Wildman–Crippen LogP) is 1.02. The van der Waals surface area contributed by atoms with E-state index in [4.69, 9.17) is 5.11 Å². The molecule has 2 N–H and O–H groups in total. The van der Waals surface area contributed by atoms with Crippen molar-refractivity contribution in [1.29, 1.82) is 0 Å². The van der Waals surface area contributed by atoms with Crippen LogP contribution in [0.5, 0.6) is 0 Å². The molecule has 0 spiro atoms. The van der Waals surface area contributed by atoms with Gasteiger partial charge in [0.2, 0.25) is 5.91 Å². The Balaban J connectivity index is 1.83. The number of carbonyl (C=O) groups is 2. The van der Waals surface area contributed by atoms with Crippen LogP contribution in [0.1, 0.15) is 12.8 Å². The van der Waals surface area contributed by atoms with Gasteiger partial charge in [-0.2, -0.15) is 5.10 Å². The standard InChI is InChI=1S/C13H15N3O3/c17-12(14-7-3-6-13(18)19)9-16-8-10-4-1-2-5-11(10)15-16/h1-2,4-5,8H,3,6-7,9H2,(H,14,17)(H,18,19). The number of carboxylic acids is 1. The molecule has 0 fully saturated rings. The van der Waals surface area contributed by atoms with Gasteiger partial charge in [-0.25, -0.2) is 0 Å². The van der Waals surface area contributed by atoms with Crippen LogP contribution in [-0.2, 0) is 16.1 Å². The highest BCUT2D eigenvalue weighted by atomic mass is 16.4. The lowest BCUT2D eigenvalue weighted by Crippen LogP contribution is -2.28. The summed E-state index contributed by atoms with van der Waals surface area (Å²) in [7, 11) is 0. The fraction of sp³-hybridized carbons (Fsp3) is 0.308. The van der Waals surface area contributed by atoms with Crippen LogP contribution in [0.15, 0.2) is 30.5 Å². The lowest BCUT2D eigenvalue weighted by molar-refractivity contribution is -0.137. The summed E-state index contributed by atoms with van der Waals surface area (Å²) in [5.41, 5.74) is 0.848. The van der Waals surface area contributed by atoms with Crippen LogP contribution in [-0.4, -0.2) is 33.3 Å². The van der Waals surface area contributed by atoms with Crippen LogP contribution in [0.2, 0.25) is 0 Å². The second kappa shape index (κ2) is 5.99. The van der Waals surface area contributed by atoms with E-state index in [-0.39, 0.29) is 18.9 Å². The summed E-state index contributed by atoms with van der Waals surface area (Å²) in [6.45, 7) is 0.508. The Kier molecular flexibility index (Phi) is 4.12. The molecule has 2 aromatic rings. The van der Waals surface area contributed by atoms with Gasteiger partial charge in [0, 0.05) is 24.5 Å². The molecule has 100 valence electrons. The molecule has 1 aromatic heterocycles. The lowest BCUT2D eigenvalue weighted by Gasteiger charge is -2.03. The van der Waals surface area contributed by atoms with Crippen molar-refractivity contribution in [2.45, 2.75) is 19.4 Å². The Hall–Kier alpha value is -2.37. The first-order chi connectivity index (χ1) is 9.15. The number of nitrogens with one attached hydrogen (secondary N) is 1. The van der Waals surface area contributed by atoms with E-state index in [1.54, 1.807) is 4.68 Å². The van der Waals surface area contributed by atoms with Gasteiger partial charge in [0.1, 0.15) is 6.54 Å². The quantitative estimate of drug-likeness (QED) is 0.760. The van der Waals surface area contributed by atoms with E-state index in [1.807, 2.05) is 30.5 Å². The third kappa shape index (κ3) is 3.80. The molecule has 2 rings (SSSR count). The summed E-state index contributed by atoms with van der Waals surface area (Å²) in [4.78, 5) is 21.9. The van der Waals surface area contributed by atoms with Crippen molar-refractivity contribution in [3.63, 3.8) is 0 Å². The summed E-state index contributed by atoms with van der Waals surface area (Å²) in [6, 6.07) is 7.63. The molecule has 1 aromatic carbocycles. The van der Waals surface area contributed by atoms with Crippen molar-refractivity contribution in [1.82, 2.24) is 15.1 Å². The van der Waals surface area contributed by atoms with Gasteiger partial charge in [0.25, 0.3) is 0 Å². The average molecular weight is 261 g/mol. The number of amides is 1. The number of hydrogen-bond acceptors (Lipinski definition) is 3. The third-order valence-electron chi connectivity index (χ3n) is 2.66. The molecule has 0 saturated carbocycles. The second-order valence-corrected chi connectivity index (χ2v) is 4.23. The van der Waals surface area contributed by atoms with Gasteiger partial charge in [-0.3, -0.25) is 14.3 Å². The zero-order valence-electron chi connectivity index (χ0n) is 10.4. The van der Waals surface area contributed by atoms with E-state index in [2.05, 4.69) is 10.4 Å². The Morgan fingerprint density at radius 2 is 2.11 bits per heavy atom. The highest BCUT2D eigenvalue weighted by Gasteiger charge is 2.05. The highest BCUT2D eigenvalue weighted by Crippen LogP contribution is 2.10. The first-order valence-electron chi connectivity index (χ1n) is 6.06. The molecule has 0 bridgehead atoms. The number of carboxylic acid groups (broad SMARTS) is 1. The number of carbonyl (C=O) groups excluding carboxylic acids is 1. The summed E-state index contributed by atoms with van der Waals surface area (Å²) in [6.07, 6.45) is 2.31. The molecule has 0 aliphatic heterocycles. The van der Waals surface area contributed by atoms with E-state index in [0.29, 0.717) is 13.0 Å². The second-order valence-electron chi connectivity index (χ2n) is 4.23. The van der Waals surface area contributed by atoms with E-state index in [1.165, 1.54) is 0 Å². The smallest absolute Gasteiger partial charge is 0.303 e. The maximum atomic E-state index is 11.6. The molecular weight excluding hydrogens is 246 g/mol. The molecule has 1 amide bonds. The molecule has 6 nitrogen and oxygen atoms in total. The molecule has 0 atom stereocenters. The number of nitrogens with zero attached hydrogens (tertiary/aromatic N) is 2. The van der Waals surface area contributed by atoms with Gasteiger partial charge in [-0.05, 0) is 12.5 Å². The molecule has 1 heterocycles. The Morgan fingerprint density at radius 1 is 1.32 bits per heavy atom. The van der Waals surface area contributed by atoms with Crippen molar-refractivity contribution in [3.8, 4) is 0 Å². The summed E-state index contributed by atoms with van der Waals surface area (Å²) >= 11 is 0. The third-order valence-corrected chi connectivity index (χ3v) is 2.66. The van der Waals surface area contributed by atoms with Crippen LogP contribution in [0.4, 0.5) is 0 Å². The average Bonchev–Trinajstić information content (AvgIpc) is 2.76. The van der Waals surface area contributed by atoms with E-state index >= 15 is 0 Å². The van der Waals surface area contributed by atoms with Gasteiger partial charge in [-0.15, -0.1) is 0 Å². The molecule has 0 radical (unpaired) electrons. The highest BCUT2D eigenvalue weighted by molar-refractivity contribution is 5.79. The number of benzene rings is 1. The van der Waals surface area contributed by atoms with Crippen molar-refractivity contribution in [2.24, 2.45) is 0 Å². The number of aliphatic carboxylic acids is 1. The van der Waals surface area contributed by atoms with Crippen molar-refractivity contribution >= 4 is 22.8 Å². The van der Waals surface area contributed by atoms with Crippen LogP contribution < -0.4 is 5.32 Å². The van der Waals surface area contributed by atoms with Gasteiger partial charge in [0.05, 0.1) is 5.52 Å². The minimum atomic E-state index is -0.854. The zero-order chi connectivity index (χ0) is 13.7. The van der Waals surface area contributed by atoms with E-state index in [0.717, 1.165) is 10.9 Å². The molecule has 0 aliphatic rings. The van der Waals surface area contributed by atoms with Gasteiger partial charge < -0.3 is 10.4 Å². The molecule has 19 heavy (non-hydrogen) atoms. The summed E-state index contributed by atoms with van der Waals surface area (Å²) in [5.74, 6) is -1.02. The fourth-order valence-electron chi connectivity index (χ4n) is 1.77. The monoisotopic (exact) mass is 261 g/mol. The molecule has 6 heteroatoms. The van der Waals surface area contributed by atoms with Crippen molar-refractivity contribution in [3.05, 3.63) is 30.5 Å². The molecule has 0 unspecified atom stereocenters. The van der Waals surface area contributed by atoms with Crippen molar-refractivity contribution < 1.29 is 14.7 Å². The first kappa shape index (κ1) is 13.1. The Labute approximate surface area is 110 Å². The minimum absolute atomic E-state index is 0.0614. The maximum absolute atomic E-state index is 11.6. The summed E-state index contributed by atoms with van der Waals surface area (Å²) in [5, 5.41) is 16.4. The van der Waals surface area contributed by atoms with Gasteiger partial charge in [-0.1, -0.05) is 18.2 Å². The Morgan fingerprint density at radius 3 is 2.84 bits per heavy atom. The fourth-order valence-corrected chi connectivity index (χ4v) is 1.77. The number of aromatic nitrogens is 2. The zero-order valence-corrected chi connectivity index (χ0v) is 10.4. The number of hydrogen-bond donors (Lipinski definition) is 2. The van der Waals surface area contributed by atoms with Crippen LogP contribution >= 0.6 is 0 Å².